The van der Waals surface area contributed by atoms with Crippen molar-refractivity contribution in [3.8, 4) is 5.75 Å². The molecule has 0 aliphatic carbocycles. The minimum absolute atomic E-state index is 0.402. The lowest BCUT2D eigenvalue weighted by Crippen LogP contribution is -2.13. The molecule has 102 valence electrons. The number of ether oxygens (including phenoxy) is 1. The van der Waals surface area contributed by atoms with Gasteiger partial charge in [0.1, 0.15) is 5.75 Å². The van der Waals surface area contributed by atoms with Crippen LogP contribution in [0.15, 0.2) is 18.2 Å². The Morgan fingerprint density at radius 2 is 2.06 bits per heavy atom. The van der Waals surface area contributed by atoms with E-state index in [0.717, 1.165) is 36.8 Å². The zero-order valence-corrected chi connectivity index (χ0v) is 12.3. The van der Waals surface area contributed by atoms with Crippen molar-refractivity contribution in [1.29, 1.82) is 0 Å². The molecule has 0 spiro atoms. The van der Waals surface area contributed by atoms with Gasteiger partial charge in [0.15, 0.2) is 0 Å². The summed E-state index contributed by atoms with van der Waals surface area (Å²) in [6.45, 7) is 8.01. The summed E-state index contributed by atoms with van der Waals surface area (Å²) in [5, 5.41) is 0.764. The second-order valence-corrected chi connectivity index (χ2v) is 5.31. The van der Waals surface area contributed by atoms with E-state index in [1.165, 1.54) is 5.56 Å². The Morgan fingerprint density at radius 1 is 1.33 bits per heavy atom. The van der Waals surface area contributed by atoms with Crippen LogP contribution >= 0.6 is 11.6 Å². The predicted molar refractivity (Wildman–Crippen MR) is 78.5 cm³/mol. The van der Waals surface area contributed by atoms with Crippen molar-refractivity contribution in [2.24, 2.45) is 11.7 Å². The maximum atomic E-state index is 6.10. The first kappa shape index (κ1) is 15.3. The van der Waals surface area contributed by atoms with Crippen LogP contribution in [-0.2, 0) is 0 Å². The number of hydrogen-bond acceptors (Lipinski definition) is 2. The Hall–Kier alpha value is -0.730. The Labute approximate surface area is 115 Å². The molecule has 1 aromatic carbocycles. The van der Waals surface area contributed by atoms with Gasteiger partial charge in [-0.3, -0.25) is 0 Å². The van der Waals surface area contributed by atoms with Crippen LogP contribution in [0, 0.1) is 5.92 Å². The summed E-state index contributed by atoms with van der Waals surface area (Å²) in [5.74, 6) is 1.88. The second kappa shape index (κ2) is 7.65. The van der Waals surface area contributed by atoms with Gasteiger partial charge >= 0.3 is 0 Å². The molecular weight excluding hydrogens is 246 g/mol. The molecule has 0 radical (unpaired) electrons. The average Bonchev–Trinajstić information content (AvgIpc) is 2.36. The van der Waals surface area contributed by atoms with Crippen molar-refractivity contribution in [2.75, 3.05) is 13.2 Å². The van der Waals surface area contributed by atoms with E-state index < -0.39 is 0 Å². The number of halogens is 1. The molecule has 0 aliphatic heterocycles. The van der Waals surface area contributed by atoms with Gasteiger partial charge in [0.05, 0.1) is 6.61 Å². The number of nitrogens with two attached hydrogens (primary N) is 1. The summed E-state index contributed by atoms with van der Waals surface area (Å²) in [6.07, 6.45) is 2.02. The van der Waals surface area contributed by atoms with Crippen molar-refractivity contribution in [1.82, 2.24) is 0 Å². The maximum Gasteiger partial charge on any atom is 0.122 e. The molecule has 1 rings (SSSR count). The smallest absolute Gasteiger partial charge is 0.122 e. The SMILES string of the molecule is CCCOc1ccc(Cl)cc1C(C)C(C)CCN. The van der Waals surface area contributed by atoms with E-state index >= 15 is 0 Å². The van der Waals surface area contributed by atoms with Crippen LogP contribution in [0.25, 0.3) is 0 Å². The van der Waals surface area contributed by atoms with Gasteiger partial charge in [-0.15, -0.1) is 0 Å². The Bertz CT molecular complexity index is 368. The molecule has 0 heterocycles. The molecule has 0 bridgehead atoms. The van der Waals surface area contributed by atoms with E-state index in [1.54, 1.807) is 0 Å². The lowest BCUT2D eigenvalue weighted by Gasteiger charge is -2.22. The van der Waals surface area contributed by atoms with E-state index in [-0.39, 0.29) is 0 Å². The lowest BCUT2D eigenvalue weighted by atomic mass is 9.86. The molecule has 18 heavy (non-hydrogen) atoms. The summed E-state index contributed by atoms with van der Waals surface area (Å²) < 4.78 is 5.80. The highest BCUT2D eigenvalue weighted by Gasteiger charge is 2.18. The van der Waals surface area contributed by atoms with E-state index in [4.69, 9.17) is 22.1 Å². The van der Waals surface area contributed by atoms with Gasteiger partial charge in [0, 0.05) is 5.02 Å². The molecule has 0 saturated heterocycles. The van der Waals surface area contributed by atoms with Crippen molar-refractivity contribution in [2.45, 2.75) is 39.5 Å². The summed E-state index contributed by atoms with van der Waals surface area (Å²) in [4.78, 5) is 0. The molecule has 0 fully saturated rings. The van der Waals surface area contributed by atoms with Crippen molar-refractivity contribution in [3.05, 3.63) is 28.8 Å². The molecule has 0 aromatic heterocycles. The second-order valence-electron chi connectivity index (χ2n) is 4.87. The van der Waals surface area contributed by atoms with Crippen LogP contribution in [0.3, 0.4) is 0 Å². The zero-order valence-electron chi connectivity index (χ0n) is 11.6. The van der Waals surface area contributed by atoms with Gasteiger partial charge in [-0.1, -0.05) is 32.4 Å². The van der Waals surface area contributed by atoms with Gasteiger partial charge in [-0.25, -0.2) is 0 Å². The standard InChI is InChI=1S/C15H24ClNO/c1-4-9-18-15-6-5-13(16)10-14(15)12(3)11(2)7-8-17/h5-6,10-12H,4,7-9,17H2,1-3H3. The van der Waals surface area contributed by atoms with Crippen molar-refractivity contribution >= 4 is 11.6 Å². The van der Waals surface area contributed by atoms with Crippen LogP contribution < -0.4 is 10.5 Å². The lowest BCUT2D eigenvalue weighted by molar-refractivity contribution is 0.308. The van der Waals surface area contributed by atoms with Crippen molar-refractivity contribution in [3.63, 3.8) is 0 Å². The normalized spacial score (nSPS) is 14.3. The summed E-state index contributed by atoms with van der Waals surface area (Å²) in [7, 11) is 0. The monoisotopic (exact) mass is 269 g/mol. The fourth-order valence-electron chi connectivity index (χ4n) is 2.04. The third kappa shape index (κ3) is 4.18. The van der Waals surface area contributed by atoms with Crippen LogP contribution in [0.1, 0.15) is 45.1 Å². The van der Waals surface area contributed by atoms with Gasteiger partial charge < -0.3 is 10.5 Å². The summed E-state index contributed by atoms with van der Waals surface area (Å²) in [5.41, 5.74) is 6.83. The highest BCUT2D eigenvalue weighted by molar-refractivity contribution is 6.30. The highest BCUT2D eigenvalue weighted by Crippen LogP contribution is 2.35. The largest absolute Gasteiger partial charge is 0.493 e. The molecule has 3 heteroatoms. The number of hydrogen-bond donors (Lipinski definition) is 1. The van der Waals surface area contributed by atoms with E-state index in [9.17, 15) is 0 Å². The Morgan fingerprint density at radius 3 is 2.67 bits per heavy atom. The van der Waals surface area contributed by atoms with Crippen molar-refractivity contribution < 1.29 is 4.74 Å². The topological polar surface area (TPSA) is 35.2 Å². The molecule has 2 nitrogen and oxygen atoms in total. The average molecular weight is 270 g/mol. The molecule has 0 saturated carbocycles. The molecule has 2 unspecified atom stereocenters. The quantitative estimate of drug-likeness (QED) is 0.804. The molecular formula is C15H24ClNO. The Kier molecular flexibility index (Phi) is 6.51. The molecule has 0 amide bonds. The fourth-order valence-corrected chi connectivity index (χ4v) is 2.22. The number of rotatable bonds is 7. The van der Waals surface area contributed by atoms with Gasteiger partial charge in [0.2, 0.25) is 0 Å². The molecule has 2 atom stereocenters. The van der Waals surface area contributed by atoms with E-state index in [2.05, 4.69) is 20.8 Å². The molecule has 2 N–H and O–H groups in total. The van der Waals surface area contributed by atoms with E-state index in [0.29, 0.717) is 11.8 Å². The van der Waals surface area contributed by atoms with Gasteiger partial charge in [0.25, 0.3) is 0 Å². The summed E-state index contributed by atoms with van der Waals surface area (Å²) >= 11 is 6.10. The highest BCUT2D eigenvalue weighted by atomic mass is 35.5. The number of benzene rings is 1. The van der Waals surface area contributed by atoms with Gasteiger partial charge in [-0.2, -0.15) is 0 Å². The minimum Gasteiger partial charge on any atom is -0.493 e. The zero-order chi connectivity index (χ0) is 13.5. The fraction of sp³-hybridized carbons (Fsp3) is 0.600. The predicted octanol–water partition coefficient (Wildman–Crippen LogP) is 4.22. The Balaban J connectivity index is 2.92. The summed E-state index contributed by atoms with van der Waals surface area (Å²) in [6, 6.07) is 5.87. The molecule has 1 aromatic rings. The van der Waals surface area contributed by atoms with Crippen LogP contribution in [0.5, 0.6) is 5.75 Å². The van der Waals surface area contributed by atoms with Gasteiger partial charge in [-0.05, 0) is 55.0 Å². The third-order valence-corrected chi connectivity index (χ3v) is 3.63. The first-order valence-corrected chi connectivity index (χ1v) is 7.10. The minimum atomic E-state index is 0.402. The third-order valence-electron chi connectivity index (χ3n) is 3.40. The van der Waals surface area contributed by atoms with Crippen LogP contribution in [0.4, 0.5) is 0 Å². The van der Waals surface area contributed by atoms with Crippen LogP contribution in [-0.4, -0.2) is 13.2 Å². The molecule has 0 aliphatic rings. The first-order valence-electron chi connectivity index (χ1n) is 6.72. The maximum absolute atomic E-state index is 6.10. The van der Waals surface area contributed by atoms with Crippen LogP contribution in [0.2, 0.25) is 5.02 Å². The van der Waals surface area contributed by atoms with E-state index in [1.807, 2.05) is 18.2 Å². The first-order chi connectivity index (χ1) is 8.60.